The standard InChI is InChI=1S/C30H38N4O7S/c1-30(2,3)41-29(37)34-25(16-8-9-19-32-28(36)40-20-21-12-6-5-7-13-21)27(35)33-24-17-10-15-23-22(24)14-11-18-26(23)42(38,39)31-4/h5-7,10-15,17-18,25,31H,8-9,16,19-20H2,1-4H3,(H,32,36)(H,33,35)(H,34,37)/t25-/m1/s1. The number of carbonyl (C=O) groups excluding carboxylic acids is 3. The van der Waals surface area contributed by atoms with Crippen molar-refractivity contribution in [2.45, 2.75) is 63.2 Å². The van der Waals surface area contributed by atoms with Crippen LogP contribution in [-0.2, 0) is 30.9 Å². The zero-order valence-electron chi connectivity index (χ0n) is 24.2. The third-order valence-corrected chi connectivity index (χ3v) is 7.58. The molecule has 0 aliphatic heterocycles. The van der Waals surface area contributed by atoms with Crippen LogP contribution in [0.1, 0.15) is 45.6 Å². The molecule has 0 spiro atoms. The lowest BCUT2D eigenvalue weighted by molar-refractivity contribution is -0.118. The Kier molecular flexibility index (Phi) is 11.3. The molecule has 0 saturated heterocycles. The molecule has 4 N–H and O–H groups in total. The Labute approximate surface area is 246 Å². The molecule has 0 fully saturated rings. The first-order valence-corrected chi connectivity index (χ1v) is 15.1. The maximum atomic E-state index is 13.4. The van der Waals surface area contributed by atoms with E-state index in [-0.39, 0.29) is 17.9 Å². The van der Waals surface area contributed by atoms with Gasteiger partial charge in [0.2, 0.25) is 15.9 Å². The van der Waals surface area contributed by atoms with Crippen LogP contribution in [0.4, 0.5) is 15.3 Å². The van der Waals surface area contributed by atoms with Gasteiger partial charge in [0.15, 0.2) is 0 Å². The van der Waals surface area contributed by atoms with E-state index in [1.807, 2.05) is 30.3 Å². The number of hydrogen-bond donors (Lipinski definition) is 4. The molecule has 0 radical (unpaired) electrons. The molecule has 0 aromatic heterocycles. The average molecular weight is 599 g/mol. The van der Waals surface area contributed by atoms with Crippen LogP contribution in [0.5, 0.6) is 0 Å². The number of amides is 3. The van der Waals surface area contributed by atoms with Crippen molar-refractivity contribution in [2.24, 2.45) is 0 Å². The second-order valence-electron chi connectivity index (χ2n) is 10.5. The first-order valence-electron chi connectivity index (χ1n) is 13.6. The summed E-state index contributed by atoms with van der Waals surface area (Å²) in [5.74, 6) is -0.495. The molecular weight excluding hydrogens is 560 g/mol. The summed E-state index contributed by atoms with van der Waals surface area (Å²) < 4.78 is 37.9. The molecule has 0 unspecified atom stereocenters. The van der Waals surface area contributed by atoms with E-state index in [1.54, 1.807) is 51.1 Å². The van der Waals surface area contributed by atoms with Crippen LogP contribution in [-0.4, -0.2) is 51.7 Å². The van der Waals surface area contributed by atoms with E-state index >= 15 is 0 Å². The fourth-order valence-corrected chi connectivity index (χ4v) is 5.06. The second kappa shape index (κ2) is 14.6. The molecule has 42 heavy (non-hydrogen) atoms. The highest BCUT2D eigenvalue weighted by Gasteiger charge is 2.25. The minimum Gasteiger partial charge on any atom is -0.445 e. The van der Waals surface area contributed by atoms with Crippen molar-refractivity contribution in [1.29, 1.82) is 0 Å². The quantitative estimate of drug-likeness (QED) is 0.221. The summed E-state index contributed by atoms with van der Waals surface area (Å²) in [7, 11) is -2.41. The number of rotatable bonds is 12. The van der Waals surface area contributed by atoms with Crippen molar-refractivity contribution in [3.8, 4) is 0 Å². The van der Waals surface area contributed by atoms with E-state index in [9.17, 15) is 22.8 Å². The highest BCUT2D eigenvalue weighted by molar-refractivity contribution is 7.89. The van der Waals surface area contributed by atoms with Gasteiger partial charge in [-0.2, -0.15) is 0 Å². The maximum absolute atomic E-state index is 13.4. The molecule has 0 heterocycles. The third-order valence-electron chi connectivity index (χ3n) is 6.11. The van der Waals surface area contributed by atoms with Crippen molar-refractivity contribution in [2.75, 3.05) is 18.9 Å². The first kappa shape index (κ1) is 32.4. The Morgan fingerprint density at radius 1 is 0.857 bits per heavy atom. The largest absolute Gasteiger partial charge is 0.445 e. The highest BCUT2D eigenvalue weighted by Crippen LogP contribution is 2.29. The van der Waals surface area contributed by atoms with Crippen LogP contribution in [0.2, 0.25) is 0 Å². The van der Waals surface area contributed by atoms with Crippen LogP contribution in [0, 0.1) is 0 Å². The van der Waals surface area contributed by atoms with E-state index in [2.05, 4.69) is 20.7 Å². The van der Waals surface area contributed by atoms with Crippen LogP contribution in [0.25, 0.3) is 10.8 Å². The lowest BCUT2D eigenvalue weighted by Crippen LogP contribution is -2.45. The van der Waals surface area contributed by atoms with Crippen molar-refractivity contribution in [1.82, 2.24) is 15.4 Å². The topological polar surface area (TPSA) is 152 Å². The smallest absolute Gasteiger partial charge is 0.408 e. The van der Waals surface area contributed by atoms with E-state index in [0.29, 0.717) is 35.8 Å². The van der Waals surface area contributed by atoms with Gasteiger partial charge in [-0.1, -0.05) is 54.6 Å². The maximum Gasteiger partial charge on any atom is 0.408 e. The van der Waals surface area contributed by atoms with Crippen molar-refractivity contribution < 1.29 is 32.3 Å². The normalized spacial score (nSPS) is 12.3. The number of nitrogens with one attached hydrogen (secondary N) is 4. The number of anilines is 1. The molecule has 3 aromatic carbocycles. The Bertz CT molecular complexity index is 1490. The number of carbonyl (C=O) groups is 3. The van der Waals surface area contributed by atoms with Crippen LogP contribution >= 0.6 is 0 Å². The Morgan fingerprint density at radius 3 is 2.24 bits per heavy atom. The summed E-state index contributed by atoms with van der Waals surface area (Å²) in [6, 6.07) is 18.1. The third kappa shape index (κ3) is 9.74. The van der Waals surface area contributed by atoms with Crippen LogP contribution < -0.4 is 20.7 Å². The van der Waals surface area contributed by atoms with E-state index in [0.717, 1.165) is 5.56 Å². The van der Waals surface area contributed by atoms with Gasteiger partial charge in [-0.15, -0.1) is 0 Å². The highest BCUT2D eigenvalue weighted by atomic mass is 32.2. The summed E-state index contributed by atoms with van der Waals surface area (Å²) >= 11 is 0. The molecule has 0 aliphatic rings. The zero-order valence-corrected chi connectivity index (χ0v) is 25.0. The van der Waals surface area contributed by atoms with Gasteiger partial charge in [0.25, 0.3) is 0 Å². The molecule has 3 aromatic rings. The SMILES string of the molecule is CNS(=O)(=O)c1cccc2c(NC(=O)[C@@H](CCCCNC(=O)OCc3ccccc3)NC(=O)OC(C)(C)C)cccc12. The van der Waals surface area contributed by atoms with E-state index in [4.69, 9.17) is 9.47 Å². The van der Waals surface area contributed by atoms with Gasteiger partial charge in [0.05, 0.1) is 4.90 Å². The summed E-state index contributed by atoms with van der Waals surface area (Å²) in [4.78, 5) is 38.0. The minimum absolute atomic E-state index is 0.0804. The minimum atomic E-state index is -3.74. The Balaban J connectivity index is 1.64. The average Bonchev–Trinajstić information content (AvgIpc) is 2.94. The summed E-state index contributed by atoms with van der Waals surface area (Å²) in [5, 5.41) is 9.10. The van der Waals surface area contributed by atoms with Gasteiger partial charge in [-0.25, -0.2) is 22.7 Å². The molecule has 3 amide bonds. The predicted octanol–water partition coefficient (Wildman–Crippen LogP) is 4.68. The summed E-state index contributed by atoms with van der Waals surface area (Å²) in [5.41, 5.74) is 0.505. The first-order chi connectivity index (χ1) is 19.9. The molecule has 3 rings (SSSR count). The lowest BCUT2D eigenvalue weighted by Gasteiger charge is -2.23. The number of hydrogen-bond acceptors (Lipinski definition) is 7. The lowest BCUT2D eigenvalue weighted by atomic mass is 10.1. The van der Waals surface area contributed by atoms with Gasteiger partial charge in [-0.05, 0) is 64.8 Å². The summed E-state index contributed by atoms with van der Waals surface area (Å²) in [6.45, 7) is 5.64. The number of unbranched alkanes of at least 4 members (excludes halogenated alkanes) is 1. The van der Waals surface area contributed by atoms with Crippen LogP contribution in [0.3, 0.4) is 0 Å². The van der Waals surface area contributed by atoms with Crippen LogP contribution in [0.15, 0.2) is 71.6 Å². The Morgan fingerprint density at radius 2 is 1.55 bits per heavy atom. The molecule has 12 heteroatoms. The molecule has 0 saturated carbocycles. The number of alkyl carbamates (subject to hydrolysis) is 2. The number of benzene rings is 3. The molecule has 0 aliphatic carbocycles. The molecular formula is C30H38N4O7S. The fraction of sp³-hybridized carbons (Fsp3) is 0.367. The van der Waals surface area contributed by atoms with Gasteiger partial charge in [0.1, 0.15) is 18.2 Å². The van der Waals surface area contributed by atoms with E-state index < -0.39 is 39.8 Å². The second-order valence-corrected chi connectivity index (χ2v) is 12.4. The van der Waals surface area contributed by atoms with Crippen molar-refractivity contribution in [3.63, 3.8) is 0 Å². The van der Waals surface area contributed by atoms with Gasteiger partial charge >= 0.3 is 12.2 Å². The fourth-order valence-electron chi connectivity index (χ4n) is 4.11. The number of sulfonamides is 1. The predicted molar refractivity (Wildman–Crippen MR) is 160 cm³/mol. The number of ether oxygens (including phenoxy) is 2. The zero-order chi connectivity index (χ0) is 30.8. The molecule has 11 nitrogen and oxygen atoms in total. The van der Waals surface area contributed by atoms with Crippen molar-refractivity contribution in [3.05, 3.63) is 72.3 Å². The van der Waals surface area contributed by atoms with Gasteiger partial charge in [0, 0.05) is 23.0 Å². The molecule has 1 atom stereocenters. The summed E-state index contributed by atoms with van der Waals surface area (Å²) in [6.07, 6.45) is -0.0101. The molecule has 226 valence electrons. The van der Waals surface area contributed by atoms with E-state index in [1.165, 1.54) is 13.1 Å². The molecule has 0 bridgehead atoms. The Hall–Kier alpha value is -4.16. The van der Waals surface area contributed by atoms with Gasteiger partial charge < -0.3 is 25.4 Å². The number of fused-ring (bicyclic) bond motifs is 1. The van der Waals surface area contributed by atoms with Crippen molar-refractivity contribution >= 4 is 44.6 Å². The van der Waals surface area contributed by atoms with Gasteiger partial charge in [-0.3, -0.25) is 4.79 Å². The monoisotopic (exact) mass is 598 g/mol.